The zero-order chi connectivity index (χ0) is 20.9. The summed E-state index contributed by atoms with van der Waals surface area (Å²) in [6.07, 6.45) is 1.32. The summed E-state index contributed by atoms with van der Waals surface area (Å²) < 4.78 is 44.5. The van der Waals surface area contributed by atoms with Crippen molar-refractivity contribution in [3.63, 3.8) is 0 Å². The number of piperidine rings is 1. The van der Waals surface area contributed by atoms with Crippen LogP contribution in [0, 0.1) is 5.92 Å². The lowest BCUT2D eigenvalue weighted by Crippen LogP contribution is -2.52. The number of ether oxygens (including phenoxy) is 3. The molecule has 0 unspecified atom stereocenters. The number of methoxy groups -OCH3 is 2. The van der Waals surface area contributed by atoms with Crippen LogP contribution in [0.15, 0.2) is 18.2 Å². The van der Waals surface area contributed by atoms with E-state index < -0.39 is 10.2 Å². The number of amides is 1. The van der Waals surface area contributed by atoms with E-state index in [9.17, 15) is 13.2 Å². The Morgan fingerprint density at radius 2 is 1.93 bits per heavy atom. The largest absolute Gasteiger partial charge is 0.493 e. The Balaban J connectivity index is 1.61. The number of nitrogens with zero attached hydrogens (tertiary/aromatic N) is 2. The normalized spacial score (nSPS) is 21.5. The summed E-state index contributed by atoms with van der Waals surface area (Å²) in [6.45, 7) is 2.43. The third-order valence-electron chi connectivity index (χ3n) is 5.32. The summed E-state index contributed by atoms with van der Waals surface area (Å²) in [4.78, 5) is 12.7. The average Bonchev–Trinajstić information content (AvgIpc) is 2.77. The SMILES string of the molecule is COc1cccc(CNC(=O)[C@@H]2CCCN(S(=O)(=O)N3CCOCC3)C2)c1OC. The lowest BCUT2D eigenvalue weighted by molar-refractivity contribution is -0.126. The summed E-state index contributed by atoms with van der Waals surface area (Å²) in [5.41, 5.74) is 0.800. The van der Waals surface area contributed by atoms with Crippen molar-refractivity contribution >= 4 is 16.1 Å². The minimum atomic E-state index is -3.57. The highest BCUT2D eigenvalue weighted by Gasteiger charge is 2.36. The Bertz CT molecular complexity index is 810. The molecular formula is C19H29N3O6S. The van der Waals surface area contributed by atoms with Crippen molar-refractivity contribution in [2.45, 2.75) is 19.4 Å². The van der Waals surface area contributed by atoms with Crippen LogP contribution in [0.1, 0.15) is 18.4 Å². The van der Waals surface area contributed by atoms with Crippen LogP contribution in [0.5, 0.6) is 11.5 Å². The molecule has 1 amide bonds. The van der Waals surface area contributed by atoms with E-state index in [-0.39, 0.29) is 24.9 Å². The van der Waals surface area contributed by atoms with Gasteiger partial charge in [-0.15, -0.1) is 0 Å². The van der Waals surface area contributed by atoms with Crippen molar-refractivity contribution in [3.05, 3.63) is 23.8 Å². The Kier molecular flexibility index (Phi) is 7.33. The summed E-state index contributed by atoms with van der Waals surface area (Å²) in [7, 11) is -0.453. The average molecular weight is 428 g/mol. The van der Waals surface area contributed by atoms with Crippen molar-refractivity contribution in [2.24, 2.45) is 5.92 Å². The molecule has 10 heteroatoms. The first-order chi connectivity index (χ1) is 14.0. The lowest BCUT2D eigenvalue weighted by Gasteiger charge is -2.36. The zero-order valence-corrected chi connectivity index (χ0v) is 17.7. The first-order valence-electron chi connectivity index (χ1n) is 9.78. The lowest BCUT2D eigenvalue weighted by atomic mass is 9.98. The number of nitrogens with one attached hydrogen (secondary N) is 1. The van der Waals surface area contributed by atoms with Crippen molar-refractivity contribution < 1.29 is 27.4 Å². The van der Waals surface area contributed by atoms with Crippen LogP contribution in [0.25, 0.3) is 0 Å². The first kappa shape index (κ1) is 21.8. The van der Waals surface area contributed by atoms with Gasteiger partial charge in [0.1, 0.15) is 0 Å². The summed E-state index contributed by atoms with van der Waals surface area (Å²) in [5.74, 6) is 0.642. The van der Waals surface area contributed by atoms with Gasteiger partial charge in [0.15, 0.2) is 11.5 Å². The van der Waals surface area contributed by atoms with Gasteiger partial charge in [-0.05, 0) is 18.9 Å². The quantitative estimate of drug-likeness (QED) is 0.685. The van der Waals surface area contributed by atoms with Gasteiger partial charge < -0.3 is 19.5 Å². The van der Waals surface area contributed by atoms with Gasteiger partial charge >= 0.3 is 0 Å². The van der Waals surface area contributed by atoms with Crippen molar-refractivity contribution in [3.8, 4) is 11.5 Å². The number of hydrogen-bond acceptors (Lipinski definition) is 6. The molecule has 2 saturated heterocycles. The Morgan fingerprint density at radius 1 is 1.17 bits per heavy atom. The van der Waals surface area contributed by atoms with Crippen LogP contribution >= 0.6 is 0 Å². The summed E-state index contributed by atoms with van der Waals surface area (Å²) >= 11 is 0. The molecule has 1 aromatic rings. The molecule has 1 N–H and O–H groups in total. The standard InChI is InChI=1S/C19H29N3O6S/c1-26-17-7-3-5-15(18(17)27-2)13-20-19(23)16-6-4-8-22(14-16)29(24,25)21-9-11-28-12-10-21/h3,5,7,16H,4,6,8-14H2,1-2H3,(H,20,23)/t16-/m1/s1. The number of carbonyl (C=O) groups excluding carboxylic acids is 1. The zero-order valence-electron chi connectivity index (χ0n) is 16.9. The maximum atomic E-state index is 12.9. The highest BCUT2D eigenvalue weighted by atomic mass is 32.2. The third-order valence-corrected chi connectivity index (χ3v) is 7.32. The van der Waals surface area contributed by atoms with Gasteiger partial charge in [0.2, 0.25) is 5.91 Å². The molecule has 1 aromatic carbocycles. The fraction of sp³-hybridized carbons (Fsp3) is 0.632. The van der Waals surface area contributed by atoms with E-state index in [1.807, 2.05) is 12.1 Å². The molecular weight excluding hydrogens is 398 g/mol. The molecule has 9 nitrogen and oxygen atoms in total. The van der Waals surface area contributed by atoms with Crippen molar-refractivity contribution in [2.75, 3.05) is 53.6 Å². The highest BCUT2D eigenvalue weighted by molar-refractivity contribution is 7.86. The number of benzene rings is 1. The Hall–Kier alpha value is -1.88. The van der Waals surface area contributed by atoms with Gasteiger partial charge in [0, 0.05) is 38.3 Å². The molecule has 0 aliphatic carbocycles. The summed E-state index contributed by atoms with van der Waals surface area (Å²) in [6, 6.07) is 5.48. The van der Waals surface area contributed by atoms with Crippen LogP contribution in [0.4, 0.5) is 0 Å². The molecule has 0 aromatic heterocycles. The minimum Gasteiger partial charge on any atom is -0.493 e. The molecule has 0 radical (unpaired) electrons. The monoisotopic (exact) mass is 427 g/mol. The second-order valence-corrected chi connectivity index (χ2v) is 9.02. The number of carbonyl (C=O) groups is 1. The van der Waals surface area contributed by atoms with Crippen molar-refractivity contribution in [1.82, 2.24) is 13.9 Å². The third kappa shape index (κ3) is 5.00. The van der Waals surface area contributed by atoms with Crippen LogP contribution in [0.2, 0.25) is 0 Å². The van der Waals surface area contributed by atoms with Crippen LogP contribution in [0.3, 0.4) is 0 Å². The van der Waals surface area contributed by atoms with E-state index in [2.05, 4.69) is 5.32 Å². The van der Waals surface area contributed by atoms with E-state index in [0.717, 1.165) is 5.56 Å². The van der Waals surface area contributed by atoms with Crippen molar-refractivity contribution in [1.29, 1.82) is 0 Å². The smallest absolute Gasteiger partial charge is 0.282 e. The van der Waals surface area contributed by atoms with Gasteiger partial charge in [-0.1, -0.05) is 12.1 Å². The number of hydrogen-bond donors (Lipinski definition) is 1. The first-order valence-corrected chi connectivity index (χ1v) is 11.2. The topological polar surface area (TPSA) is 97.4 Å². The van der Waals surface area contributed by atoms with E-state index in [1.165, 1.54) is 8.61 Å². The molecule has 2 heterocycles. The van der Waals surface area contributed by atoms with E-state index in [0.29, 0.717) is 57.2 Å². The molecule has 2 aliphatic rings. The summed E-state index contributed by atoms with van der Waals surface area (Å²) in [5, 5.41) is 2.92. The molecule has 0 spiro atoms. The van der Waals surface area contributed by atoms with E-state index >= 15 is 0 Å². The molecule has 2 fully saturated rings. The highest BCUT2D eigenvalue weighted by Crippen LogP contribution is 2.30. The molecule has 162 valence electrons. The second kappa shape index (κ2) is 9.75. The van der Waals surface area contributed by atoms with Gasteiger partial charge in [0.25, 0.3) is 10.2 Å². The van der Waals surface area contributed by atoms with Gasteiger partial charge in [-0.2, -0.15) is 17.0 Å². The molecule has 2 aliphatic heterocycles. The number of morpholine rings is 1. The molecule has 29 heavy (non-hydrogen) atoms. The fourth-order valence-electron chi connectivity index (χ4n) is 3.73. The predicted molar refractivity (Wildman–Crippen MR) is 107 cm³/mol. The molecule has 0 saturated carbocycles. The molecule has 1 atom stereocenters. The van der Waals surface area contributed by atoms with Crippen LogP contribution in [-0.2, 0) is 26.3 Å². The maximum Gasteiger partial charge on any atom is 0.282 e. The number of rotatable bonds is 7. The minimum absolute atomic E-state index is 0.156. The second-order valence-electron chi connectivity index (χ2n) is 7.09. The molecule has 3 rings (SSSR count). The predicted octanol–water partition coefficient (Wildman–Crippen LogP) is 0.609. The molecule has 0 bridgehead atoms. The van der Waals surface area contributed by atoms with Gasteiger partial charge in [-0.25, -0.2) is 0 Å². The van der Waals surface area contributed by atoms with Gasteiger partial charge in [0.05, 0.1) is 33.4 Å². The Morgan fingerprint density at radius 3 is 2.62 bits per heavy atom. The van der Waals surface area contributed by atoms with Crippen LogP contribution < -0.4 is 14.8 Å². The number of para-hydroxylation sites is 1. The van der Waals surface area contributed by atoms with E-state index in [4.69, 9.17) is 14.2 Å². The fourth-order valence-corrected chi connectivity index (χ4v) is 5.39. The Labute approximate surface area is 172 Å². The maximum absolute atomic E-state index is 12.9. The van der Waals surface area contributed by atoms with Gasteiger partial charge in [-0.3, -0.25) is 4.79 Å². The van der Waals surface area contributed by atoms with Crippen LogP contribution in [-0.4, -0.2) is 76.5 Å². The van der Waals surface area contributed by atoms with E-state index in [1.54, 1.807) is 20.3 Å².